The van der Waals surface area contributed by atoms with Crippen LogP contribution in [0.4, 0.5) is 0 Å². The van der Waals surface area contributed by atoms with Crippen molar-refractivity contribution in [3.05, 3.63) is 0 Å². The zero-order valence-corrected chi connectivity index (χ0v) is 12.8. The summed E-state index contributed by atoms with van der Waals surface area (Å²) in [4.78, 5) is 13.8. The SMILES string of the molecule is CCCN(CC)C(C)CC(C)(NC(C)C)C(=O)O. The van der Waals surface area contributed by atoms with Gasteiger partial charge >= 0.3 is 5.97 Å². The van der Waals surface area contributed by atoms with Gasteiger partial charge in [0.2, 0.25) is 0 Å². The third kappa shape index (κ3) is 5.36. The van der Waals surface area contributed by atoms with E-state index in [-0.39, 0.29) is 12.1 Å². The molecule has 0 aliphatic carbocycles. The molecule has 0 fully saturated rings. The van der Waals surface area contributed by atoms with E-state index in [9.17, 15) is 9.90 Å². The molecule has 0 bridgehead atoms. The largest absolute Gasteiger partial charge is 0.480 e. The number of nitrogens with zero attached hydrogens (tertiary/aromatic N) is 1. The lowest BCUT2D eigenvalue weighted by Gasteiger charge is -2.35. The van der Waals surface area contributed by atoms with Gasteiger partial charge in [0.05, 0.1) is 0 Å². The van der Waals surface area contributed by atoms with Crippen LogP contribution in [0.1, 0.15) is 54.4 Å². The molecule has 0 aromatic rings. The van der Waals surface area contributed by atoms with Gasteiger partial charge in [-0.25, -0.2) is 0 Å². The van der Waals surface area contributed by atoms with E-state index in [1.807, 2.05) is 13.8 Å². The molecular formula is C14H30N2O2. The second-order valence-electron chi connectivity index (χ2n) is 5.62. The third-order valence-electron chi connectivity index (χ3n) is 3.32. The summed E-state index contributed by atoms with van der Waals surface area (Å²) in [6, 6.07) is 0.432. The van der Waals surface area contributed by atoms with Crippen molar-refractivity contribution in [3.63, 3.8) is 0 Å². The number of hydrogen-bond acceptors (Lipinski definition) is 3. The van der Waals surface area contributed by atoms with Crippen molar-refractivity contribution in [3.8, 4) is 0 Å². The highest BCUT2D eigenvalue weighted by Gasteiger charge is 2.36. The minimum absolute atomic E-state index is 0.166. The summed E-state index contributed by atoms with van der Waals surface area (Å²) in [5.74, 6) is -0.768. The Bertz CT molecular complexity index is 256. The molecule has 2 N–H and O–H groups in total. The normalized spacial score (nSPS) is 16.9. The van der Waals surface area contributed by atoms with Crippen LogP contribution in [-0.2, 0) is 4.79 Å². The Balaban J connectivity index is 4.71. The molecule has 0 saturated heterocycles. The molecule has 0 aromatic carbocycles. The number of aliphatic carboxylic acids is 1. The molecule has 0 aliphatic heterocycles. The molecule has 108 valence electrons. The molecule has 0 aromatic heterocycles. The van der Waals surface area contributed by atoms with E-state index in [1.54, 1.807) is 6.92 Å². The van der Waals surface area contributed by atoms with E-state index in [0.29, 0.717) is 6.42 Å². The van der Waals surface area contributed by atoms with Crippen molar-refractivity contribution in [2.75, 3.05) is 13.1 Å². The van der Waals surface area contributed by atoms with E-state index in [2.05, 4.69) is 31.0 Å². The topological polar surface area (TPSA) is 52.6 Å². The number of carboxylic acids is 1. The summed E-state index contributed by atoms with van der Waals surface area (Å²) in [5, 5.41) is 12.6. The Morgan fingerprint density at radius 2 is 1.89 bits per heavy atom. The molecule has 0 rings (SSSR count). The Kier molecular flexibility index (Phi) is 7.48. The fourth-order valence-corrected chi connectivity index (χ4v) is 2.54. The molecule has 4 heteroatoms. The molecule has 0 saturated carbocycles. The second-order valence-corrected chi connectivity index (χ2v) is 5.62. The van der Waals surface area contributed by atoms with Gasteiger partial charge in [0.15, 0.2) is 0 Å². The first-order valence-corrected chi connectivity index (χ1v) is 7.02. The maximum Gasteiger partial charge on any atom is 0.323 e. The fraction of sp³-hybridized carbons (Fsp3) is 0.929. The summed E-state index contributed by atoms with van der Waals surface area (Å²) in [5.41, 5.74) is -0.852. The summed E-state index contributed by atoms with van der Waals surface area (Å²) >= 11 is 0. The zero-order chi connectivity index (χ0) is 14.3. The molecule has 0 spiro atoms. The Morgan fingerprint density at radius 1 is 1.33 bits per heavy atom. The molecule has 2 unspecified atom stereocenters. The highest BCUT2D eigenvalue weighted by Crippen LogP contribution is 2.18. The highest BCUT2D eigenvalue weighted by atomic mass is 16.4. The average Bonchev–Trinajstić information content (AvgIpc) is 2.24. The standard InChI is InChI=1S/C14H30N2O2/c1-7-9-16(8-2)12(5)10-14(6,13(17)18)15-11(3)4/h11-12,15H,7-10H2,1-6H3,(H,17,18). The van der Waals surface area contributed by atoms with Crippen molar-refractivity contribution in [1.29, 1.82) is 0 Å². The summed E-state index contributed by atoms with van der Waals surface area (Å²) in [7, 11) is 0. The van der Waals surface area contributed by atoms with Gasteiger partial charge < -0.3 is 10.0 Å². The van der Waals surface area contributed by atoms with Gasteiger partial charge in [-0.15, -0.1) is 0 Å². The number of hydrogen-bond donors (Lipinski definition) is 2. The van der Waals surface area contributed by atoms with Gasteiger partial charge in [0.25, 0.3) is 0 Å². The first-order valence-electron chi connectivity index (χ1n) is 7.02. The summed E-state index contributed by atoms with van der Waals surface area (Å²) in [6.45, 7) is 14.1. The first-order chi connectivity index (χ1) is 8.26. The molecule has 0 aliphatic rings. The second kappa shape index (κ2) is 7.74. The third-order valence-corrected chi connectivity index (χ3v) is 3.32. The lowest BCUT2D eigenvalue weighted by Crippen LogP contribution is -2.55. The van der Waals surface area contributed by atoms with Gasteiger partial charge in [-0.1, -0.05) is 13.8 Å². The number of carbonyl (C=O) groups is 1. The average molecular weight is 258 g/mol. The van der Waals surface area contributed by atoms with E-state index in [4.69, 9.17) is 0 Å². The van der Waals surface area contributed by atoms with Crippen LogP contribution < -0.4 is 5.32 Å². The van der Waals surface area contributed by atoms with Crippen LogP contribution >= 0.6 is 0 Å². The number of carboxylic acid groups (broad SMARTS) is 1. The highest BCUT2D eigenvalue weighted by molar-refractivity contribution is 5.78. The molecule has 18 heavy (non-hydrogen) atoms. The first kappa shape index (κ1) is 17.4. The molecule has 0 amide bonds. The van der Waals surface area contributed by atoms with E-state index in [1.165, 1.54) is 0 Å². The van der Waals surface area contributed by atoms with Crippen LogP contribution in [0.25, 0.3) is 0 Å². The minimum Gasteiger partial charge on any atom is -0.480 e. The Morgan fingerprint density at radius 3 is 2.22 bits per heavy atom. The van der Waals surface area contributed by atoms with Crippen LogP contribution in [-0.4, -0.2) is 46.7 Å². The maximum atomic E-state index is 11.5. The molecule has 0 heterocycles. The molecule has 4 nitrogen and oxygen atoms in total. The van der Waals surface area contributed by atoms with Gasteiger partial charge in [-0.3, -0.25) is 10.1 Å². The van der Waals surface area contributed by atoms with Crippen LogP contribution in [0.15, 0.2) is 0 Å². The van der Waals surface area contributed by atoms with Crippen LogP contribution in [0, 0.1) is 0 Å². The fourth-order valence-electron chi connectivity index (χ4n) is 2.54. The van der Waals surface area contributed by atoms with Crippen LogP contribution in [0.3, 0.4) is 0 Å². The van der Waals surface area contributed by atoms with E-state index >= 15 is 0 Å². The minimum atomic E-state index is -0.852. The van der Waals surface area contributed by atoms with E-state index < -0.39 is 11.5 Å². The lowest BCUT2D eigenvalue weighted by atomic mass is 9.92. The van der Waals surface area contributed by atoms with Gasteiger partial charge in [0.1, 0.15) is 5.54 Å². The molecular weight excluding hydrogens is 228 g/mol. The summed E-state index contributed by atoms with van der Waals surface area (Å²) in [6.07, 6.45) is 1.72. The van der Waals surface area contributed by atoms with Crippen molar-refractivity contribution >= 4 is 5.97 Å². The molecule has 0 radical (unpaired) electrons. The van der Waals surface area contributed by atoms with Crippen molar-refractivity contribution < 1.29 is 9.90 Å². The predicted molar refractivity (Wildman–Crippen MR) is 75.9 cm³/mol. The van der Waals surface area contributed by atoms with Crippen molar-refractivity contribution in [2.45, 2.75) is 72.0 Å². The Hall–Kier alpha value is -0.610. The smallest absolute Gasteiger partial charge is 0.323 e. The summed E-state index contributed by atoms with van der Waals surface area (Å²) < 4.78 is 0. The van der Waals surface area contributed by atoms with Crippen LogP contribution in [0.2, 0.25) is 0 Å². The number of nitrogens with one attached hydrogen (secondary N) is 1. The number of rotatable bonds is 9. The molecule has 2 atom stereocenters. The van der Waals surface area contributed by atoms with Crippen molar-refractivity contribution in [2.24, 2.45) is 0 Å². The lowest BCUT2D eigenvalue weighted by molar-refractivity contribution is -0.145. The Labute approximate surface area is 112 Å². The quantitative estimate of drug-likeness (QED) is 0.666. The van der Waals surface area contributed by atoms with Gasteiger partial charge in [-0.2, -0.15) is 0 Å². The van der Waals surface area contributed by atoms with Gasteiger partial charge in [0, 0.05) is 12.1 Å². The van der Waals surface area contributed by atoms with Gasteiger partial charge in [-0.05, 0) is 53.6 Å². The maximum absolute atomic E-state index is 11.5. The van der Waals surface area contributed by atoms with Crippen LogP contribution in [0.5, 0.6) is 0 Å². The predicted octanol–water partition coefficient (Wildman–Crippen LogP) is 2.34. The van der Waals surface area contributed by atoms with E-state index in [0.717, 1.165) is 19.5 Å². The van der Waals surface area contributed by atoms with Crippen molar-refractivity contribution in [1.82, 2.24) is 10.2 Å². The zero-order valence-electron chi connectivity index (χ0n) is 12.8. The monoisotopic (exact) mass is 258 g/mol.